The molecule has 0 fully saturated rings. The van der Waals surface area contributed by atoms with Crippen LogP contribution in [0.1, 0.15) is 13.3 Å². The summed E-state index contributed by atoms with van der Waals surface area (Å²) in [5.74, 6) is 0. The van der Waals surface area contributed by atoms with Crippen molar-refractivity contribution < 1.29 is 0 Å². The van der Waals surface area contributed by atoms with Crippen molar-refractivity contribution in [3.63, 3.8) is 0 Å². The summed E-state index contributed by atoms with van der Waals surface area (Å²) < 4.78 is 1.91. The fourth-order valence-electron chi connectivity index (χ4n) is 1.50. The highest BCUT2D eigenvalue weighted by Crippen LogP contribution is 2.21. The number of nitrogen functional groups attached to an aromatic ring is 1. The van der Waals surface area contributed by atoms with Gasteiger partial charge in [0.15, 0.2) is 0 Å². The zero-order chi connectivity index (χ0) is 10.7. The molecule has 2 aromatic heterocycles. The van der Waals surface area contributed by atoms with Crippen LogP contribution >= 0.6 is 0 Å². The fourth-order valence-corrected chi connectivity index (χ4v) is 1.50. The van der Waals surface area contributed by atoms with Crippen LogP contribution in [0, 0.1) is 0 Å². The first-order valence-corrected chi connectivity index (χ1v) is 5.04. The zero-order valence-corrected chi connectivity index (χ0v) is 8.72. The van der Waals surface area contributed by atoms with Crippen LogP contribution in [0.5, 0.6) is 0 Å². The quantitative estimate of drug-likeness (QED) is 0.827. The van der Waals surface area contributed by atoms with Crippen molar-refractivity contribution in [1.29, 1.82) is 0 Å². The zero-order valence-electron chi connectivity index (χ0n) is 8.72. The van der Waals surface area contributed by atoms with Crippen LogP contribution in [-0.2, 0) is 6.54 Å². The lowest BCUT2D eigenvalue weighted by molar-refractivity contribution is 0.603. The highest BCUT2D eigenvalue weighted by Gasteiger charge is 2.05. The van der Waals surface area contributed by atoms with E-state index in [-0.39, 0.29) is 0 Å². The van der Waals surface area contributed by atoms with Crippen LogP contribution in [0.25, 0.3) is 11.3 Å². The maximum absolute atomic E-state index is 5.84. The first-order valence-electron chi connectivity index (χ1n) is 5.04. The largest absolute Gasteiger partial charge is 0.397 e. The Bertz CT molecular complexity index is 447. The smallest absolute Gasteiger partial charge is 0.0962 e. The van der Waals surface area contributed by atoms with Gasteiger partial charge in [-0.2, -0.15) is 5.10 Å². The summed E-state index contributed by atoms with van der Waals surface area (Å²) in [7, 11) is 0. The van der Waals surface area contributed by atoms with Gasteiger partial charge < -0.3 is 5.73 Å². The summed E-state index contributed by atoms with van der Waals surface area (Å²) in [6.07, 6.45) is 6.58. The van der Waals surface area contributed by atoms with E-state index in [4.69, 9.17) is 5.73 Å². The molecule has 0 bridgehead atoms. The molecule has 2 rings (SSSR count). The molecule has 2 aromatic rings. The van der Waals surface area contributed by atoms with E-state index in [1.165, 1.54) is 0 Å². The predicted molar refractivity (Wildman–Crippen MR) is 60.2 cm³/mol. The summed E-state index contributed by atoms with van der Waals surface area (Å²) in [4.78, 5) is 4.24. The Morgan fingerprint density at radius 3 is 3.07 bits per heavy atom. The van der Waals surface area contributed by atoms with Gasteiger partial charge in [0.25, 0.3) is 0 Å². The summed E-state index contributed by atoms with van der Waals surface area (Å²) in [6, 6.07) is 3.68. The molecular weight excluding hydrogens is 188 g/mol. The minimum atomic E-state index is 0.688. The molecule has 2 heterocycles. The van der Waals surface area contributed by atoms with E-state index in [9.17, 15) is 0 Å². The van der Waals surface area contributed by atoms with Crippen molar-refractivity contribution in [2.24, 2.45) is 0 Å². The number of nitrogens with zero attached hydrogens (tertiary/aromatic N) is 3. The van der Waals surface area contributed by atoms with Crippen molar-refractivity contribution >= 4 is 5.69 Å². The number of hydrogen-bond donors (Lipinski definition) is 1. The lowest BCUT2D eigenvalue weighted by atomic mass is 10.2. The topological polar surface area (TPSA) is 56.7 Å². The van der Waals surface area contributed by atoms with E-state index in [1.807, 2.05) is 23.0 Å². The van der Waals surface area contributed by atoms with Crippen LogP contribution in [0.15, 0.2) is 30.7 Å². The van der Waals surface area contributed by atoms with Gasteiger partial charge in [0, 0.05) is 24.5 Å². The minimum absolute atomic E-state index is 0.688. The molecule has 0 unspecified atom stereocenters. The molecule has 0 aliphatic heterocycles. The summed E-state index contributed by atoms with van der Waals surface area (Å²) in [6.45, 7) is 3.04. The Kier molecular flexibility index (Phi) is 2.67. The summed E-state index contributed by atoms with van der Waals surface area (Å²) >= 11 is 0. The average molecular weight is 202 g/mol. The van der Waals surface area contributed by atoms with Gasteiger partial charge in [-0.05, 0) is 18.6 Å². The highest BCUT2D eigenvalue weighted by molar-refractivity contribution is 5.70. The van der Waals surface area contributed by atoms with Crippen molar-refractivity contribution in [3.8, 4) is 11.3 Å². The van der Waals surface area contributed by atoms with Crippen LogP contribution < -0.4 is 5.73 Å². The van der Waals surface area contributed by atoms with E-state index in [0.29, 0.717) is 5.69 Å². The molecular formula is C11H14N4. The highest BCUT2D eigenvalue weighted by atomic mass is 15.3. The van der Waals surface area contributed by atoms with E-state index >= 15 is 0 Å². The number of rotatable bonds is 3. The molecule has 0 atom stereocenters. The molecule has 78 valence electrons. The van der Waals surface area contributed by atoms with Crippen molar-refractivity contribution in [2.45, 2.75) is 19.9 Å². The lowest BCUT2D eigenvalue weighted by Crippen LogP contribution is -1.95. The Morgan fingerprint density at radius 2 is 2.33 bits per heavy atom. The second-order valence-electron chi connectivity index (χ2n) is 3.43. The first-order chi connectivity index (χ1) is 7.31. The summed E-state index contributed by atoms with van der Waals surface area (Å²) in [5, 5.41) is 4.24. The maximum Gasteiger partial charge on any atom is 0.0962 e. The SMILES string of the molecule is CCCn1cc(-c2ncccc2N)cn1. The standard InChI is InChI=1S/C11H14N4/c1-2-6-15-8-9(7-14-15)11-10(12)4-3-5-13-11/h3-5,7-8H,2,6,12H2,1H3. The minimum Gasteiger partial charge on any atom is -0.397 e. The summed E-state index contributed by atoms with van der Waals surface area (Å²) in [5.41, 5.74) is 8.30. The lowest BCUT2D eigenvalue weighted by Gasteiger charge is -2.00. The molecule has 0 aliphatic carbocycles. The molecule has 0 aliphatic rings. The normalized spacial score (nSPS) is 10.5. The fraction of sp³-hybridized carbons (Fsp3) is 0.273. The van der Waals surface area contributed by atoms with Crippen molar-refractivity contribution in [1.82, 2.24) is 14.8 Å². The van der Waals surface area contributed by atoms with Gasteiger partial charge in [-0.3, -0.25) is 9.67 Å². The molecule has 2 N–H and O–H groups in total. The molecule has 0 radical (unpaired) electrons. The first kappa shape index (κ1) is 9.71. The van der Waals surface area contributed by atoms with E-state index in [1.54, 1.807) is 12.4 Å². The van der Waals surface area contributed by atoms with Gasteiger partial charge in [-0.25, -0.2) is 0 Å². The van der Waals surface area contributed by atoms with Gasteiger partial charge >= 0.3 is 0 Å². The van der Waals surface area contributed by atoms with Crippen LogP contribution in [0.2, 0.25) is 0 Å². The Hall–Kier alpha value is -1.84. The number of anilines is 1. The molecule has 0 spiro atoms. The van der Waals surface area contributed by atoms with Gasteiger partial charge in [-0.1, -0.05) is 6.92 Å². The Labute approximate surface area is 88.8 Å². The second kappa shape index (κ2) is 4.13. The maximum atomic E-state index is 5.84. The third-order valence-electron chi connectivity index (χ3n) is 2.20. The molecule has 4 nitrogen and oxygen atoms in total. The monoisotopic (exact) mass is 202 g/mol. The second-order valence-corrected chi connectivity index (χ2v) is 3.43. The third-order valence-corrected chi connectivity index (χ3v) is 2.20. The van der Waals surface area contributed by atoms with Crippen molar-refractivity contribution in [3.05, 3.63) is 30.7 Å². The Balaban J connectivity index is 2.33. The molecule has 0 saturated heterocycles. The van der Waals surface area contributed by atoms with Gasteiger partial charge in [0.1, 0.15) is 0 Å². The molecule has 0 amide bonds. The van der Waals surface area contributed by atoms with Crippen LogP contribution in [0.4, 0.5) is 5.69 Å². The van der Waals surface area contributed by atoms with E-state index in [0.717, 1.165) is 24.2 Å². The number of hydrogen-bond acceptors (Lipinski definition) is 3. The Morgan fingerprint density at radius 1 is 1.47 bits per heavy atom. The molecule has 4 heteroatoms. The number of pyridine rings is 1. The van der Waals surface area contributed by atoms with Gasteiger partial charge in [0.05, 0.1) is 17.6 Å². The predicted octanol–water partition coefficient (Wildman–Crippen LogP) is 1.94. The third kappa shape index (κ3) is 1.98. The average Bonchev–Trinajstić information content (AvgIpc) is 2.68. The van der Waals surface area contributed by atoms with Crippen LogP contribution in [0.3, 0.4) is 0 Å². The van der Waals surface area contributed by atoms with E-state index in [2.05, 4.69) is 17.0 Å². The van der Waals surface area contributed by atoms with Crippen molar-refractivity contribution in [2.75, 3.05) is 5.73 Å². The molecule has 15 heavy (non-hydrogen) atoms. The van der Waals surface area contributed by atoms with Gasteiger partial charge in [-0.15, -0.1) is 0 Å². The van der Waals surface area contributed by atoms with Crippen LogP contribution in [-0.4, -0.2) is 14.8 Å². The van der Waals surface area contributed by atoms with E-state index < -0.39 is 0 Å². The molecule has 0 saturated carbocycles. The molecule has 0 aromatic carbocycles. The number of aryl methyl sites for hydroxylation is 1. The number of nitrogens with two attached hydrogens (primary N) is 1. The number of aromatic nitrogens is 3. The van der Waals surface area contributed by atoms with Gasteiger partial charge in [0.2, 0.25) is 0 Å².